The van der Waals surface area contributed by atoms with Crippen LogP contribution in [-0.2, 0) is 0 Å². The molecule has 0 amide bonds. The number of aromatic nitrogens is 4. The van der Waals surface area contributed by atoms with E-state index in [9.17, 15) is 0 Å². The summed E-state index contributed by atoms with van der Waals surface area (Å²) in [5, 5.41) is 8.03. The van der Waals surface area contributed by atoms with Crippen molar-refractivity contribution >= 4 is 65.3 Å². The van der Waals surface area contributed by atoms with E-state index in [0.717, 1.165) is 99.7 Å². The first-order valence-corrected chi connectivity index (χ1v) is 20.0. The number of nitrogens with zero attached hydrogens (tertiary/aromatic N) is 4. The highest BCUT2D eigenvalue weighted by molar-refractivity contribution is 6.19. The van der Waals surface area contributed by atoms with E-state index in [2.05, 4.69) is 193 Å². The molecule has 0 saturated carbocycles. The number of pyridine rings is 3. The molecule has 274 valence electrons. The van der Waals surface area contributed by atoms with Crippen LogP contribution >= 0.6 is 0 Å². The zero-order valence-electron chi connectivity index (χ0n) is 31.9. The third-order valence-corrected chi connectivity index (χ3v) is 11.8. The molecule has 0 aliphatic carbocycles. The zero-order valence-corrected chi connectivity index (χ0v) is 31.9. The van der Waals surface area contributed by atoms with Crippen LogP contribution < -0.4 is 0 Å². The average molecular weight is 751 g/mol. The van der Waals surface area contributed by atoms with Gasteiger partial charge >= 0.3 is 0 Å². The molecular weight excluding hydrogens is 717 g/mol. The smallest absolute Gasteiger partial charge is 0.0972 e. The molecule has 4 heteroatoms. The molecule has 4 heterocycles. The Morgan fingerprint density at radius 3 is 1.51 bits per heavy atom. The molecule has 4 aromatic heterocycles. The summed E-state index contributed by atoms with van der Waals surface area (Å²) >= 11 is 0. The van der Waals surface area contributed by atoms with Crippen molar-refractivity contribution in [3.8, 4) is 50.6 Å². The van der Waals surface area contributed by atoms with E-state index in [-0.39, 0.29) is 0 Å². The van der Waals surface area contributed by atoms with Gasteiger partial charge in [-0.25, -0.2) is 15.0 Å². The van der Waals surface area contributed by atoms with Crippen LogP contribution in [0.25, 0.3) is 116 Å². The van der Waals surface area contributed by atoms with E-state index >= 15 is 0 Å². The molecule has 0 atom stereocenters. The average Bonchev–Trinajstić information content (AvgIpc) is 3.63. The van der Waals surface area contributed by atoms with Crippen LogP contribution in [-0.4, -0.2) is 19.5 Å². The van der Waals surface area contributed by atoms with Gasteiger partial charge in [-0.05, 0) is 59.0 Å². The van der Waals surface area contributed by atoms with Gasteiger partial charge in [-0.1, -0.05) is 164 Å². The van der Waals surface area contributed by atoms with Crippen molar-refractivity contribution in [1.82, 2.24) is 19.5 Å². The van der Waals surface area contributed by atoms with E-state index in [4.69, 9.17) is 15.0 Å². The standard InChI is InChI=1S/C55H34N4/c1-4-12-36(13-5-1)48-30-27-39-24-25-40-28-31-49(57-55(40)54(39)56-48)37-22-20-35(21-23-37)41-26-29-44-47-33-50-46(34-52(47)59(51(44)32-41)42-16-8-3-9-17-42)43-18-10-11-19-45(43)53(58-50)38-14-6-2-7-15-38/h1-34H. The van der Waals surface area contributed by atoms with Crippen LogP contribution in [0.2, 0.25) is 0 Å². The summed E-state index contributed by atoms with van der Waals surface area (Å²) in [5.41, 5.74) is 14.7. The fourth-order valence-corrected chi connectivity index (χ4v) is 8.85. The van der Waals surface area contributed by atoms with Gasteiger partial charge in [0.2, 0.25) is 0 Å². The van der Waals surface area contributed by atoms with E-state index in [1.165, 1.54) is 16.2 Å². The summed E-state index contributed by atoms with van der Waals surface area (Å²) in [5.74, 6) is 0. The summed E-state index contributed by atoms with van der Waals surface area (Å²) in [4.78, 5) is 15.7. The minimum absolute atomic E-state index is 0.910. The molecule has 0 bridgehead atoms. The maximum Gasteiger partial charge on any atom is 0.0972 e. The first-order chi connectivity index (χ1) is 29.2. The predicted octanol–water partition coefficient (Wildman–Crippen LogP) is 14.2. The highest BCUT2D eigenvalue weighted by atomic mass is 15.0. The van der Waals surface area contributed by atoms with Gasteiger partial charge < -0.3 is 4.57 Å². The van der Waals surface area contributed by atoms with E-state index in [0.29, 0.717) is 0 Å². The van der Waals surface area contributed by atoms with E-state index < -0.39 is 0 Å². The summed E-state index contributed by atoms with van der Waals surface area (Å²) in [7, 11) is 0. The van der Waals surface area contributed by atoms with Gasteiger partial charge in [0.15, 0.2) is 0 Å². The number of fused-ring (bicyclic) bond motifs is 9. The third kappa shape index (κ3) is 5.49. The van der Waals surface area contributed by atoms with Crippen LogP contribution in [0, 0.1) is 0 Å². The van der Waals surface area contributed by atoms with Gasteiger partial charge in [0.05, 0.1) is 44.7 Å². The van der Waals surface area contributed by atoms with Crippen LogP contribution in [0.4, 0.5) is 0 Å². The zero-order chi connectivity index (χ0) is 38.9. The lowest BCUT2D eigenvalue weighted by molar-refractivity contribution is 1.18. The lowest BCUT2D eigenvalue weighted by Crippen LogP contribution is -1.94. The normalized spacial score (nSPS) is 11.7. The lowest BCUT2D eigenvalue weighted by atomic mass is 9.98. The molecule has 12 rings (SSSR count). The minimum Gasteiger partial charge on any atom is -0.309 e. The summed E-state index contributed by atoms with van der Waals surface area (Å²) in [6.07, 6.45) is 0. The summed E-state index contributed by atoms with van der Waals surface area (Å²) < 4.78 is 2.41. The molecule has 0 unspecified atom stereocenters. The Morgan fingerprint density at radius 1 is 0.305 bits per heavy atom. The Bertz CT molecular complexity index is 3580. The van der Waals surface area contributed by atoms with E-state index in [1.54, 1.807) is 0 Å². The molecule has 4 nitrogen and oxygen atoms in total. The minimum atomic E-state index is 0.910. The second-order valence-electron chi connectivity index (χ2n) is 15.2. The van der Waals surface area contributed by atoms with Gasteiger partial charge in [0, 0.05) is 54.7 Å². The molecule has 0 aliphatic heterocycles. The van der Waals surface area contributed by atoms with Gasteiger partial charge in [-0.2, -0.15) is 0 Å². The quantitative estimate of drug-likeness (QED) is 0.165. The maximum absolute atomic E-state index is 5.34. The molecule has 0 spiro atoms. The highest BCUT2D eigenvalue weighted by Gasteiger charge is 2.18. The van der Waals surface area contributed by atoms with Crippen molar-refractivity contribution in [2.24, 2.45) is 0 Å². The van der Waals surface area contributed by atoms with Gasteiger partial charge in [-0.15, -0.1) is 0 Å². The first kappa shape index (κ1) is 33.2. The van der Waals surface area contributed by atoms with E-state index in [1.807, 2.05) is 18.2 Å². The molecule has 59 heavy (non-hydrogen) atoms. The Kier molecular flexibility index (Phi) is 7.50. The van der Waals surface area contributed by atoms with Gasteiger partial charge in [0.25, 0.3) is 0 Å². The number of para-hydroxylation sites is 1. The van der Waals surface area contributed by atoms with Crippen LogP contribution in [0.5, 0.6) is 0 Å². The number of hydrogen-bond donors (Lipinski definition) is 0. The van der Waals surface area contributed by atoms with Crippen LogP contribution in [0.15, 0.2) is 206 Å². The monoisotopic (exact) mass is 750 g/mol. The largest absolute Gasteiger partial charge is 0.309 e. The second kappa shape index (κ2) is 13.3. The van der Waals surface area contributed by atoms with Gasteiger partial charge in [-0.3, -0.25) is 0 Å². The van der Waals surface area contributed by atoms with Crippen molar-refractivity contribution in [1.29, 1.82) is 0 Å². The fraction of sp³-hybridized carbons (Fsp3) is 0. The number of benzene rings is 8. The molecule has 0 fully saturated rings. The topological polar surface area (TPSA) is 43.6 Å². The number of hydrogen-bond acceptors (Lipinski definition) is 3. The van der Waals surface area contributed by atoms with Gasteiger partial charge in [0.1, 0.15) is 0 Å². The summed E-state index contributed by atoms with van der Waals surface area (Å²) in [6.45, 7) is 0. The van der Waals surface area contributed by atoms with Crippen molar-refractivity contribution in [3.63, 3.8) is 0 Å². The Hall–Kier alpha value is -7.95. The van der Waals surface area contributed by atoms with Crippen LogP contribution in [0.1, 0.15) is 0 Å². The fourth-order valence-electron chi connectivity index (χ4n) is 8.85. The SMILES string of the molecule is c1ccc(-c2ccc3ccc4ccc(-c5ccc(-c6ccc7c8cc9nc(-c%10ccccc%10)c%10ccccc%10c9cc8n(-c8ccccc8)c7c6)cc5)nc4c3n2)cc1. The van der Waals surface area contributed by atoms with Crippen molar-refractivity contribution in [2.45, 2.75) is 0 Å². The molecule has 0 N–H and O–H groups in total. The third-order valence-electron chi connectivity index (χ3n) is 11.8. The molecule has 12 aromatic rings. The van der Waals surface area contributed by atoms with Crippen LogP contribution in [0.3, 0.4) is 0 Å². The molecule has 0 radical (unpaired) electrons. The molecule has 0 saturated heterocycles. The predicted molar refractivity (Wildman–Crippen MR) is 246 cm³/mol. The Morgan fingerprint density at radius 2 is 0.831 bits per heavy atom. The first-order valence-electron chi connectivity index (χ1n) is 20.0. The molecule has 8 aromatic carbocycles. The number of rotatable bonds is 5. The highest BCUT2D eigenvalue weighted by Crippen LogP contribution is 2.40. The molecular formula is C55H34N4. The maximum atomic E-state index is 5.34. The lowest BCUT2D eigenvalue weighted by Gasteiger charge is -2.12. The second-order valence-corrected chi connectivity index (χ2v) is 15.2. The van der Waals surface area contributed by atoms with Crippen molar-refractivity contribution < 1.29 is 0 Å². The Labute approximate surface area is 340 Å². The van der Waals surface area contributed by atoms with Crippen molar-refractivity contribution in [2.75, 3.05) is 0 Å². The van der Waals surface area contributed by atoms with Crippen molar-refractivity contribution in [3.05, 3.63) is 206 Å². The molecule has 0 aliphatic rings. The Balaban J connectivity index is 0.984. The summed E-state index contributed by atoms with van der Waals surface area (Å²) in [6, 6.07) is 73.2.